The second-order valence-electron chi connectivity index (χ2n) is 5.72. The van der Waals surface area contributed by atoms with E-state index in [1.54, 1.807) is 0 Å². The van der Waals surface area contributed by atoms with Gasteiger partial charge in [0, 0.05) is 0 Å². The molecule has 19 heavy (non-hydrogen) atoms. The summed E-state index contributed by atoms with van der Waals surface area (Å²) in [5.41, 5.74) is -0.991. The van der Waals surface area contributed by atoms with Crippen LogP contribution in [0.5, 0.6) is 0 Å². The minimum absolute atomic E-state index is 0.315. The number of aliphatic carboxylic acids is 1. The lowest BCUT2D eigenvalue weighted by molar-refractivity contribution is -0.147. The van der Waals surface area contributed by atoms with E-state index in [0.717, 1.165) is 31.2 Å². The van der Waals surface area contributed by atoms with Crippen molar-refractivity contribution in [3.8, 4) is 0 Å². The molecular formula is C16H22O3. The number of rotatable bonds is 5. The van der Waals surface area contributed by atoms with E-state index in [1.165, 1.54) is 0 Å². The smallest absolute Gasteiger partial charge is 0.314 e. The first kappa shape index (κ1) is 14.1. The maximum Gasteiger partial charge on any atom is 0.314 e. The van der Waals surface area contributed by atoms with Crippen LogP contribution in [0.3, 0.4) is 0 Å². The second-order valence-corrected chi connectivity index (χ2v) is 5.72. The standard InChI is InChI=1S/C16H22O3/c1-2-16(14(17)18,13-8-4-3-5-9-13)12-15(19)10-6-7-11-15/h3-5,8-9,19H,2,6-7,10-12H2,1H3,(H,17,18). The third-order valence-electron chi connectivity index (χ3n) is 4.50. The van der Waals surface area contributed by atoms with E-state index in [2.05, 4.69) is 0 Å². The number of hydrogen-bond acceptors (Lipinski definition) is 2. The zero-order valence-electron chi connectivity index (χ0n) is 11.4. The molecule has 0 bridgehead atoms. The molecule has 0 amide bonds. The molecule has 1 aliphatic carbocycles. The maximum atomic E-state index is 11.9. The fourth-order valence-corrected chi connectivity index (χ4v) is 3.31. The van der Waals surface area contributed by atoms with Crippen molar-refractivity contribution < 1.29 is 15.0 Å². The summed E-state index contributed by atoms with van der Waals surface area (Å²) >= 11 is 0. The summed E-state index contributed by atoms with van der Waals surface area (Å²) < 4.78 is 0. The fraction of sp³-hybridized carbons (Fsp3) is 0.562. The van der Waals surface area contributed by atoms with Crippen LogP contribution in [0.15, 0.2) is 30.3 Å². The molecule has 3 nitrogen and oxygen atoms in total. The highest BCUT2D eigenvalue weighted by atomic mass is 16.4. The lowest BCUT2D eigenvalue weighted by Gasteiger charge is -2.36. The zero-order chi connectivity index (χ0) is 13.9. The number of aliphatic hydroxyl groups is 1. The number of carbonyl (C=O) groups is 1. The Morgan fingerprint density at radius 2 is 1.84 bits per heavy atom. The van der Waals surface area contributed by atoms with Crippen LogP contribution in [0, 0.1) is 0 Å². The van der Waals surface area contributed by atoms with Crippen LogP contribution in [0.25, 0.3) is 0 Å². The van der Waals surface area contributed by atoms with Gasteiger partial charge in [-0.1, -0.05) is 50.1 Å². The first-order chi connectivity index (χ1) is 9.02. The number of benzene rings is 1. The quantitative estimate of drug-likeness (QED) is 0.857. The van der Waals surface area contributed by atoms with E-state index in [4.69, 9.17) is 0 Å². The number of carboxylic acids is 1. The Balaban J connectivity index is 2.37. The van der Waals surface area contributed by atoms with Crippen molar-refractivity contribution in [3.63, 3.8) is 0 Å². The highest BCUT2D eigenvalue weighted by molar-refractivity contribution is 5.81. The Kier molecular flexibility index (Phi) is 3.95. The van der Waals surface area contributed by atoms with Crippen molar-refractivity contribution in [2.45, 2.75) is 56.5 Å². The third-order valence-corrected chi connectivity index (χ3v) is 4.50. The molecule has 0 aliphatic heterocycles. The summed E-state index contributed by atoms with van der Waals surface area (Å²) in [6.45, 7) is 1.89. The molecule has 0 heterocycles. The van der Waals surface area contributed by atoms with E-state index in [1.807, 2.05) is 37.3 Å². The van der Waals surface area contributed by atoms with Crippen molar-refractivity contribution in [2.24, 2.45) is 0 Å². The molecule has 3 heteroatoms. The monoisotopic (exact) mass is 262 g/mol. The van der Waals surface area contributed by atoms with Crippen molar-refractivity contribution in [2.75, 3.05) is 0 Å². The van der Waals surface area contributed by atoms with Gasteiger partial charge < -0.3 is 10.2 Å². The number of hydrogen-bond donors (Lipinski definition) is 2. The molecule has 1 aromatic rings. The summed E-state index contributed by atoms with van der Waals surface area (Å²) in [5.74, 6) is -0.832. The summed E-state index contributed by atoms with van der Waals surface area (Å²) in [7, 11) is 0. The minimum atomic E-state index is -0.972. The Hall–Kier alpha value is -1.35. The van der Waals surface area contributed by atoms with Gasteiger partial charge in [0.1, 0.15) is 0 Å². The molecule has 2 N–H and O–H groups in total. The fourth-order valence-electron chi connectivity index (χ4n) is 3.31. The molecular weight excluding hydrogens is 240 g/mol. The van der Waals surface area contributed by atoms with Crippen LogP contribution in [-0.4, -0.2) is 21.8 Å². The van der Waals surface area contributed by atoms with Crippen LogP contribution >= 0.6 is 0 Å². The normalized spacial score (nSPS) is 20.9. The Morgan fingerprint density at radius 3 is 2.32 bits per heavy atom. The highest BCUT2D eigenvalue weighted by Gasteiger charge is 2.46. The lowest BCUT2D eigenvalue weighted by Crippen LogP contribution is -2.43. The molecule has 0 aromatic heterocycles. The first-order valence-electron chi connectivity index (χ1n) is 7.04. The van der Waals surface area contributed by atoms with Gasteiger partial charge in [0.15, 0.2) is 0 Å². The SMILES string of the molecule is CCC(CC1(O)CCCC1)(C(=O)O)c1ccccc1. The average molecular weight is 262 g/mol. The van der Waals surface area contributed by atoms with Gasteiger partial charge in [-0.25, -0.2) is 0 Å². The van der Waals surface area contributed by atoms with Crippen molar-refractivity contribution in [1.29, 1.82) is 0 Å². The van der Waals surface area contributed by atoms with E-state index in [0.29, 0.717) is 12.8 Å². The summed E-state index contributed by atoms with van der Waals surface area (Å²) in [6.07, 6.45) is 4.23. The summed E-state index contributed by atoms with van der Waals surface area (Å²) in [5, 5.41) is 20.3. The van der Waals surface area contributed by atoms with Crippen molar-refractivity contribution in [1.82, 2.24) is 0 Å². The second kappa shape index (κ2) is 5.33. The van der Waals surface area contributed by atoms with Gasteiger partial charge in [-0.3, -0.25) is 4.79 Å². The maximum absolute atomic E-state index is 11.9. The Morgan fingerprint density at radius 1 is 1.26 bits per heavy atom. The molecule has 0 saturated heterocycles. The van der Waals surface area contributed by atoms with Gasteiger partial charge in [0.2, 0.25) is 0 Å². The minimum Gasteiger partial charge on any atom is -0.481 e. The predicted octanol–water partition coefficient (Wildman–Crippen LogP) is 3.11. The predicted molar refractivity (Wildman–Crippen MR) is 74.1 cm³/mol. The van der Waals surface area contributed by atoms with Crippen LogP contribution in [0.4, 0.5) is 0 Å². The molecule has 1 aromatic carbocycles. The van der Waals surface area contributed by atoms with Crippen LogP contribution in [0.1, 0.15) is 51.0 Å². The molecule has 1 unspecified atom stereocenters. The topological polar surface area (TPSA) is 57.5 Å². The third kappa shape index (κ3) is 2.66. The van der Waals surface area contributed by atoms with Gasteiger partial charge in [-0.05, 0) is 31.2 Å². The van der Waals surface area contributed by atoms with Crippen LogP contribution < -0.4 is 0 Å². The summed E-state index contributed by atoms with van der Waals surface area (Å²) in [4.78, 5) is 11.9. The van der Waals surface area contributed by atoms with Gasteiger partial charge in [0.25, 0.3) is 0 Å². The molecule has 1 fully saturated rings. The van der Waals surface area contributed by atoms with E-state index in [9.17, 15) is 15.0 Å². The molecule has 0 spiro atoms. The van der Waals surface area contributed by atoms with Crippen molar-refractivity contribution >= 4 is 5.97 Å². The van der Waals surface area contributed by atoms with Gasteiger partial charge in [-0.15, -0.1) is 0 Å². The Bertz CT molecular complexity index is 435. The van der Waals surface area contributed by atoms with E-state index >= 15 is 0 Å². The molecule has 1 aliphatic rings. The number of carboxylic acid groups (broad SMARTS) is 1. The summed E-state index contributed by atoms with van der Waals surface area (Å²) in [6, 6.07) is 9.32. The van der Waals surface area contributed by atoms with Crippen LogP contribution in [0.2, 0.25) is 0 Å². The molecule has 104 valence electrons. The van der Waals surface area contributed by atoms with Gasteiger partial charge >= 0.3 is 5.97 Å². The highest BCUT2D eigenvalue weighted by Crippen LogP contribution is 2.43. The van der Waals surface area contributed by atoms with E-state index < -0.39 is 17.0 Å². The average Bonchev–Trinajstić information content (AvgIpc) is 2.84. The zero-order valence-corrected chi connectivity index (χ0v) is 11.4. The van der Waals surface area contributed by atoms with Crippen molar-refractivity contribution in [3.05, 3.63) is 35.9 Å². The van der Waals surface area contributed by atoms with Gasteiger partial charge in [0.05, 0.1) is 11.0 Å². The first-order valence-corrected chi connectivity index (χ1v) is 7.04. The lowest BCUT2D eigenvalue weighted by atomic mass is 9.70. The largest absolute Gasteiger partial charge is 0.481 e. The molecule has 0 radical (unpaired) electrons. The Labute approximate surface area is 114 Å². The van der Waals surface area contributed by atoms with Gasteiger partial charge in [-0.2, -0.15) is 0 Å². The molecule has 2 rings (SSSR count). The van der Waals surface area contributed by atoms with E-state index in [-0.39, 0.29) is 0 Å². The molecule has 1 atom stereocenters. The molecule has 1 saturated carbocycles. The van der Waals surface area contributed by atoms with Crippen LogP contribution in [-0.2, 0) is 10.2 Å².